The van der Waals surface area contributed by atoms with Gasteiger partial charge in [-0.2, -0.15) is 0 Å². The molecule has 0 saturated carbocycles. The molecule has 4 nitrogen and oxygen atoms in total. The van der Waals surface area contributed by atoms with Crippen LogP contribution in [0.2, 0.25) is 0 Å². The Labute approximate surface area is 136 Å². The molecule has 0 bridgehead atoms. The van der Waals surface area contributed by atoms with E-state index in [-0.39, 0.29) is 5.91 Å². The molecule has 0 aromatic heterocycles. The number of amides is 1. The van der Waals surface area contributed by atoms with Crippen molar-refractivity contribution in [2.75, 3.05) is 12.4 Å². The molecule has 0 atom stereocenters. The Morgan fingerprint density at radius 2 is 1.61 bits per heavy atom. The van der Waals surface area contributed by atoms with Crippen LogP contribution in [0.5, 0.6) is 0 Å². The van der Waals surface area contributed by atoms with E-state index >= 15 is 0 Å². The summed E-state index contributed by atoms with van der Waals surface area (Å²) in [4.78, 5) is 24.0. The van der Waals surface area contributed by atoms with E-state index in [1.54, 1.807) is 18.2 Å². The molecule has 0 saturated heterocycles. The number of hydrogen-bond acceptors (Lipinski definition) is 3. The lowest BCUT2D eigenvalue weighted by Gasteiger charge is -2.11. The standard InChI is InChI=1S/C19H21NO3/c1-12(2)14-7-9-15(10-8-14)18(21)20-17-11-16(19(22)23-4)6-5-13(17)3/h5-12H,1-4H3,(H,20,21). The van der Waals surface area contributed by atoms with Crippen molar-refractivity contribution >= 4 is 17.6 Å². The summed E-state index contributed by atoms with van der Waals surface area (Å²) in [7, 11) is 1.33. The minimum absolute atomic E-state index is 0.203. The van der Waals surface area contributed by atoms with E-state index in [4.69, 9.17) is 4.74 Å². The number of hydrogen-bond donors (Lipinski definition) is 1. The number of anilines is 1. The van der Waals surface area contributed by atoms with E-state index in [0.717, 1.165) is 5.56 Å². The normalized spacial score (nSPS) is 10.5. The predicted molar refractivity (Wildman–Crippen MR) is 91.0 cm³/mol. The number of esters is 1. The van der Waals surface area contributed by atoms with Gasteiger partial charge in [0.1, 0.15) is 0 Å². The minimum atomic E-state index is -0.429. The van der Waals surface area contributed by atoms with Crippen LogP contribution in [0.3, 0.4) is 0 Å². The second-order valence-electron chi connectivity index (χ2n) is 5.75. The first-order valence-electron chi connectivity index (χ1n) is 7.52. The number of carbonyl (C=O) groups excluding carboxylic acids is 2. The Kier molecular flexibility index (Phi) is 5.16. The number of rotatable bonds is 4. The minimum Gasteiger partial charge on any atom is -0.465 e. The summed E-state index contributed by atoms with van der Waals surface area (Å²) < 4.78 is 4.70. The van der Waals surface area contributed by atoms with Crippen LogP contribution in [0.1, 0.15) is 51.6 Å². The smallest absolute Gasteiger partial charge is 0.337 e. The third-order valence-corrected chi connectivity index (χ3v) is 3.75. The van der Waals surface area contributed by atoms with E-state index in [9.17, 15) is 9.59 Å². The molecule has 0 spiro atoms. The Balaban J connectivity index is 2.21. The lowest BCUT2D eigenvalue weighted by atomic mass is 10.0. The van der Waals surface area contributed by atoms with Crippen molar-refractivity contribution in [1.82, 2.24) is 0 Å². The molecular weight excluding hydrogens is 290 g/mol. The number of carbonyl (C=O) groups is 2. The number of aryl methyl sites for hydroxylation is 1. The molecule has 0 radical (unpaired) electrons. The maximum Gasteiger partial charge on any atom is 0.337 e. The zero-order valence-corrected chi connectivity index (χ0v) is 13.8. The molecule has 0 heterocycles. The van der Waals surface area contributed by atoms with Crippen LogP contribution in [-0.2, 0) is 4.74 Å². The van der Waals surface area contributed by atoms with Gasteiger partial charge in [-0.1, -0.05) is 32.0 Å². The highest BCUT2D eigenvalue weighted by Gasteiger charge is 2.12. The lowest BCUT2D eigenvalue weighted by molar-refractivity contribution is 0.0600. The first-order chi connectivity index (χ1) is 10.9. The van der Waals surface area contributed by atoms with Crippen LogP contribution in [0.15, 0.2) is 42.5 Å². The molecule has 2 aromatic rings. The molecular formula is C19H21NO3. The van der Waals surface area contributed by atoms with E-state index in [1.807, 2.05) is 31.2 Å². The highest BCUT2D eigenvalue weighted by Crippen LogP contribution is 2.20. The van der Waals surface area contributed by atoms with Crippen molar-refractivity contribution in [3.63, 3.8) is 0 Å². The van der Waals surface area contributed by atoms with E-state index < -0.39 is 5.97 Å². The summed E-state index contributed by atoms with van der Waals surface area (Å²) in [5.74, 6) is -0.210. The number of ether oxygens (including phenoxy) is 1. The fourth-order valence-electron chi connectivity index (χ4n) is 2.22. The van der Waals surface area contributed by atoms with Crippen molar-refractivity contribution in [2.45, 2.75) is 26.7 Å². The highest BCUT2D eigenvalue weighted by molar-refractivity contribution is 6.05. The molecule has 4 heteroatoms. The maximum absolute atomic E-state index is 12.4. The number of nitrogens with one attached hydrogen (secondary N) is 1. The zero-order chi connectivity index (χ0) is 17.0. The van der Waals surface area contributed by atoms with Gasteiger partial charge in [-0.3, -0.25) is 4.79 Å². The average molecular weight is 311 g/mol. The lowest BCUT2D eigenvalue weighted by Crippen LogP contribution is -2.13. The molecule has 0 aliphatic heterocycles. The van der Waals surface area contributed by atoms with Crippen molar-refractivity contribution < 1.29 is 14.3 Å². The van der Waals surface area contributed by atoms with Crippen molar-refractivity contribution in [2.24, 2.45) is 0 Å². The molecule has 120 valence electrons. The Hall–Kier alpha value is -2.62. The summed E-state index contributed by atoms with van der Waals surface area (Å²) in [5.41, 5.74) is 3.65. The monoisotopic (exact) mass is 311 g/mol. The first-order valence-corrected chi connectivity index (χ1v) is 7.52. The Morgan fingerprint density at radius 1 is 1.00 bits per heavy atom. The van der Waals surface area contributed by atoms with E-state index in [1.165, 1.54) is 12.7 Å². The molecule has 2 aromatic carbocycles. The largest absolute Gasteiger partial charge is 0.465 e. The fourth-order valence-corrected chi connectivity index (χ4v) is 2.22. The number of benzene rings is 2. The van der Waals surface area contributed by atoms with Gasteiger partial charge in [-0.15, -0.1) is 0 Å². The summed E-state index contributed by atoms with van der Waals surface area (Å²) in [5, 5.41) is 2.85. The van der Waals surface area contributed by atoms with Gasteiger partial charge in [0.05, 0.1) is 12.7 Å². The summed E-state index contributed by atoms with van der Waals surface area (Å²) >= 11 is 0. The molecule has 0 unspecified atom stereocenters. The van der Waals surface area contributed by atoms with Gasteiger partial charge in [0.2, 0.25) is 0 Å². The zero-order valence-electron chi connectivity index (χ0n) is 13.8. The van der Waals surface area contributed by atoms with E-state index in [0.29, 0.717) is 22.7 Å². The van der Waals surface area contributed by atoms with Crippen molar-refractivity contribution in [3.05, 3.63) is 64.7 Å². The van der Waals surface area contributed by atoms with Gasteiger partial charge in [0.15, 0.2) is 0 Å². The van der Waals surface area contributed by atoms with Crippen LogP contribution in [0, 0.1) is 6.92 Å². The van der Waals surface area contributed by atoms with Crippen LogP contribution < -0.4 is 5.32 Å². The van der Waals surface area contributed by atoms with Gasteiger partial charge in [-0.05, 0) is 48.2 Å². The molecule has 1 N–H and O–H groups in total. The van der Waals surface area contributed by atoms with E-state index in [2.05, 4.69) is 19.2 Å². The van der Waals surface area contributed by atoms with Crippen LogP contribution in [-0.4, -0.2) is 19.0 Å². The van der Waals surface area contributed by atoms with Crippen LogP contribution in [0.4, 0.5) is 5.69 Å². The second-order valence-corrected chi connectivity index (χ2v) is 5.75. The molecule has 0 fully saturated rings. The van der Waals surface area contributed by atoms with Gasteiger partial charge in [0, 0.05) is 11.3 Å². The first kappa shape index (κ1) is 16.7. The molecule has 2 rings (SSSR count). The van der Waals surface area contributed by atoms with Gasteiger partial charge >= 0.3 is 5.97 Å². The SMILES string of the molecule is COC(=O)c1ccc(C)c(NC(=O)c2ccc(C(C)C)cc2)c1. The third-order valence-electron chi connectivity index (χ3n) is 3.75. The van der Waals surface area contributed by atoms with Gasteiger partial charge < -0.3 is 10.1 Å². The third kappa shape index (κ3) is 3.97. The maximum atomic E-state index is 12.4. The summed E-state index contributed by atoms with van der Waals surface area (Å²) in [6.07, 6.45) is 0. The van der Waals surface area contributed by atoms with Crippen LogP contribution in [0.25, 0.3) is 0 Å². The van der Waals surface area contributed by atoms with Gasteiger partial charge in [0.25, 0.3) is 5.91 Å². The highest BCUT2D eigenvalue weighted by atomic mass is 16.5. The molecule has 0 aliphatic carbocycles. The Bertz CT molecular complexity index is 718. The fraction of sp³-hybridized carbons (Fsp3) is 0.263. The van der Waals surface area contributed by atoms with Crippen molar-refractivity contribution in [3.8, 4) is 0 Å². The Morgan fingerprint density at radius 3 is 2.17 bits per heavy atom. The average Bonchev–Trinajstić information content (AvgIpc) is 2.56. The van der Waals surface area contributed by atoms with Crippen LogP contribution >= 0.6 is 0 Å². The molecule has 23 heavy (non-hydrogen) atoms. The van der Waals surface area contributed by atoms with Gasteiger partial charge in [-0.25, -0.2) is 4.79 Å². The topological polar surface area (TPSA) is 55.4 Å². The second kappa shape index (κ2) is 7.09. The molecule has 0 aliphatic rings. The quantitative estimate of drug-likeness (QED) is 0.863. The summed E-state index contributed by atoms with van der Waals surface area (Å²) in [6.45, 7) is 6.09. The summed E-state index contributed by atoms with van der Waals surface area (Å²) in [6, 6.07) is 12.6. The predicted octanol–water partition coefficient (Wildman–Crippen LogP) is 4.16. The van der Waals surface area contributed by atoms with Crippen molar-refractivity contribution in [1.29, 1.82) is 0 Å². The number of methoxy groups -OCH3 is 1. The molecule has 1 amide bonds.